The maximum atomic E-state index is 5.99. The summed E-state index contributed by atoms with van der Waals surface area (Å²) in [5, 5.41) is 0. The van der Waals surface area contributed by atoms with Gasteiger partial charge >= 0.3 is 0 Å². The Morgan fingerprint density at radius 3 is 1.38 bits per heavy atom. The summed E-state index contributed by atoms with van der Waals surface area (Å²) < 4.78 is 0. The molecule has 168 valence electrons. The van der Waals surface area contributed by atoms with E-state index < -0.39 is 0 Å². The Morgan fingerprint density at radius 2 is 0.931 bits per heavy atom. The summed E-state index contributed by atoms with van der Waals surface area (Å²) in [7, 11) is 0. The van der Waals surface area contributed by atoms with E-state index in [0.717, 1.165) is 19.4 Å². The Bertz CT molecular complexity index is 431. The molecule has 0 heterocycles. The van der Waals surface area contributed by atoms with Gasteiger partial charge in [-0.3, -0.25) is 0 Å². The van der Waals surface area contributed by atoms with Crippen LogP contribution >= 0.6 is 0 Å². The lowest BCUT2D eigenvalue weighted by Crippen LogP contribution is -2.23. The monoisotopic (exact) mass is 402 g/mol. The van der Waals surface area contributed by atoms with Crippen molar-refractivity contribution in [3.05, 3.63) is 35.9 Å². The van der Waals surface area contributed by atoms with Crippen LogP contribution in [0.2, 0.25) is 0 Å². The molecule has 1 aromatic rings. The molecule has 0 saturated carbocycles. The summed E-state index contributed by atoms with van der Waals surface area (Å²) in [4.78, 5) is 0. The summed E-state index contributed by atoms with van der Waals surface area (Å²) in [6, 6.07) is 11.2. The van der Waals surface area contributed by atoms with E-state index in [9.17, 15) is 0 Å². The molecule has 0 aliphatic carbocycles. The molecule has 0 aromatic heterocycles. The Labute approximate surface area is 182 Å². The molecule has 0 saturated heterocycles. The van der Waals surface area contributed by atoms with Gasteiger partial charge in [-0.15, -0.1) is 0 Å². The van der Waals surface area contributed by atoms with Crippen molar-refractivity contribution in [2.24, 2.45) is 11.5 Å². The third kappa shape index (κ3) is 17.7. The van der Waals surface area contributed by atoms with Crippen molar-refractivity contribution in [3.8, 4) is 0 Å². The van der Waals surface area contributed by atoms with Gasteiger partial charge in [-0.05, 0) is 37.8 Å². The first-order chi connectivity index (χ1) is 14.3. The van der Waals surface area contributed by atoms with E-state index in [0.29, 0.717) is 6.04 Å². The van der Waals surface area contributed by atoms with Crippen LogP contribution in [-0.4, -0.2) is 12.6 Å². The number of rotatable bonds is 21. The molecule has 0 amide bonds. The van der Waals surface area contributed by atoms with Gasteiger partial charge in [0.2, 0.25) is 0 Å². The fourth-order valence-electron chi connectivity index (χ4n) is 4.21. The van der Waals surface area contributed by atoms with Gasteiger partial charge < -0.3 is 11.5 Å². The number of aryl methyl sites for hydroxylation is 1. The average Bonchev–Trinajstić information content (AvgIpc) is 2.74. The molecule has 0 bridgehead atoms. The lowest BCUT2D eigenvalue weighted by molar-refractivity contribution is 0.504. The van der Waals surface area contributed by atoms with Crippen molar-refractivity contribution < 1.29 is 0 Å². The highest BCUT2D eigenvalue weighted by molar-refractivity contribution is 5.14. The molecule has 0 radical (unpaired) electrons. The van der Waals surface area contributed by atoms with Crippen molar-refractivity contribution in [1.82, 2.24) is 0 Å². The first-order valence-corrected chi connectivity index (χ1v) is 12.8. The van der Waals surface area contributed by atoms with Gasteiger partial charge in [0.15, 0.2) is 0 Å². The van der Waals surface area contributed by atoms with Crippen LogP contribution in [0.3, 0.4) is 0 Å². The van der Waals surface area contributed by atoms with E-state index >= 15 is 0 Å². The minimum Gasteiger partial charge on any atom is -0.330 e. The molecule has 1 atom stereocenters. The number of hydrogen-bond donors (Lipinski definition) is 2. The predicted octanol–water partition coefficient (Wildman–Crippen LogP) is 7.54. The van der Waals surface area contributed by atoms with Crippen LogP contribution in [0.4, 0.5) is 0 Å². The molecule has 2 nitrogen and oxygen atoms in total. The van der Waals surface area contributed by atoms with E-state index in [-0.39, 0.29) is 0 Å². The Kier molecular flexibility index (Phi) is 18.4. The maximum Gasteiger partial charge on any atom is 0.00508 e. The molecular weight excluding hydrogens is 352 g/mol. The van der Waals surface area contributed by atoms with Gasteiger partial charge in [-0.1, -0.05) is 127 Å². The van der Waals surface area contributed by atoms with Crippen molar-refractivity contribution in [2.75, 3.05) is 6.54 Å². The smallest absolute Gasteiger partial charge is 0.00508 e. The summed E-state index contributed by atoms with van der Waals surface area (Å²) in [6.07, 6.45) is 26.0. The van der Waals surface area contributed by atoms with Gasteiger partial charge in [-0.25, -0.2) is 0 Å². The highest BCUT2D eigenvalue weighted by atomic mass is 14.6. The quantitative estimate of drug-likeness (QED) is 0.209. The van der Waals surface area contributed by atoms with Gasteiger partial charge in [-0.2, -0.15) is 0 Å². The topological polar surface area (TPSA) is 52.0 Å². The molecule has 1 unspecified atom stereocenters. The van der Waals surface area contributed by atoms with Crippen LogP contribution in [0.1, 0.15) is 121 Å². The van der Waals surface area contributed by atoms with Gasteiger partial charge in [0.1, 0.15) is 0 Å². The van der Waals surface area contributed by atoms with Crippen molar-refractivity contribution >= 4 is 0 Å². The summed E-state index contributed by atoms with van der Waals surface area (Å²) in [6.45, 7) is 0.732. The van der Waals surface area contributed by atoms with Crippen LogP contribution in [0.15, 0.2) is 30.3 Å². The van der Waals surface area contributed by atoms with Crippen LogP contribution in [0.5, 0.6) is 0 Å². The Hall–Kier alpha value is -0.860. The molecule has 0 aliphatic rings. The van der Waals surface area contributed by atoms with Crippen molar-refractivity contribution in [3.63, 3.8) is 0 Å². The Balaban J connectivity index is 1.69. The van der Waals surface area contributed by atoms with Crippen LogP contribution in [0.25, 0.3) is 0 Å². The molecule has 29 heavy (non-hydrogen) atoms. The molecule has 2 heteroatoms. The fourth-order valence-corrected chi connectivity index (χ4v) is 4.21. The lowest BCUT2D eigenvalue weighted by atomic mass is 10.0. The summed E-state index contributed by atoms with van der Waals surface area (Å²) in [5.41, 5.74) is 13.0. The van der Waals surface area contributed by atoms with E-state index in [1.54, 1.807) is 0 Å². The van der Waals surface area contributed by atoms with Gasteiger partial charge in [0.05, 0.1) is 0 Å². The second-order valence-corrected chi connectivity index (χ2v) is 9.02. The third-order valence-electron chi connectivity index (χ3n) is 6.17. The first kappa shape index (κ1) is 26.2. The molecule has 0 aliphatic heterocycles. The second kappa shape index (κ2) is 20.4. The molecule has 4 N–H and O–H groups in total. The fraction of sp³-hybridized carbons (Fsp3) is 0.778. The molecule has 0 spiro atoms. The van der Waals surface area contributed by atoms with E-state index in [1.807, 2.05) is 0 Å². The van der Waals surface area contributed by atoms with Crippen LogP contribution < -0.4 is 11.5 Å². The second-order valence-electron chi connectivity index (χ2n) is 9.02. The number of unbranched alkanes of at least 4 members (excludes halogenated alkanes) is 15. The normalized spacial score (nSPS) is 12.3. The zero-order valence-corrected chi connectivity index (χ0v) is 19.3. The van der Waals surface area contributed by atoms with E-state index in [2.05, 4.69) is 30.3 Å². The van der Waals surface area contributed by atoms with E-state index in [4.69, 9.17) is 11.5 Å². The van der Waals surface area contributed by atoms with Crippen LogP contribution in [-0.2, 0) is 6.42 Å². The molecular formula is C27H50N2. The zero-order valence-electron chi connectivity index (χ0n) is 19.3. The molecule has 0 fully saturated rings. The van der Waals surface area contributed by atoms with E-state index in [1.165, 1.54) is 115 Å². The SMILES string of the molecule is NCCC(N)CCCCCCCCCCCCCCCCCCc1ccccc1. The standard InChI is InChI=1S/C27H50N2/c28-25-24-27(29)23-19-14-12-10-8-6-4-2-1-3-5-7-9-11-13-16-20-26-21-17-15-18-22-26/h15,17-18,21-22,27H,1-14,16,19-20,23-25,28-29H2. The largest absolute Gasteiger partial charge is 0.330 e. The molecule has 1 aromatic carbocycles. The Morgan fingerprint density at radius 1 is 0.517 bits per heavy atom. The number of hydrogen-bond acceptors (Lipinski definition) is 2. The summed E-state index contributed by atoms with van der Waals surface area (Å²) in [5.74, 6) is 0. The highest BCUT2D eigenvalue weighted by Crippen LogP contribution is 2.15. The average molecular weight is 403 g/mol. The molecule has 1 rings (SSSR count). The lowest BCUT2D eigenvalue weighted by Gasteiger charge is -2.09. The predicted molar refractivity (Wildman–Crippen MR) is 130 cm³/mol. The summed E-state index contributed by atoms with van der Waals surface area (Å²) >= 11 is 0. The van der Waals surface area contributed by atoms with Gasteiger partial charge in [0, 0.05) is 6.04 Å². The number of nitrogens with two attached hydrogens (primary N) is 2. The third-order valence-corrected chi connectivity index (χ3v) is 6.17. The first-order valence-electron chi connectivity index (χ1n) is 12.8. The zero-order chi connectivity index (χ0) is 20.8. The highest BCUT2D eigenvalue weighted by Gasteiger charge is 2.00. The number of benzene rings is 1. The van der Waals surface area contributed by atoms with Crippen molar-refractivity contribution in [1.29, 1.82) is 0 Å². The van der Waals surface area contributed by atoms with Crippen LogP contribution in [0, 0.1) is 0 Å². The minimum atomic E-state index is 0.333. The van der Waals surface area contributed by atoms with Gasteiger partial charge in [0.25, 0.3) is 0 Å². The van der Waals surface area contributed by atoms with Crippen molar-refractivity contribution in [2.45, 2.75) is 128 Å². The minimum absolute atomic E-state index is 0.333. The maximum absolute atomic E-state index is 5.99.